The molecule has 1 N–H and O–H groups in total. The molecule has 0 unspecified atom stereocenters. The van der Waals surface area contributed by atoms with E-state index in [4.69, 9.17) is 0 Å². The normalized spacial score (nSPS) is 13.8. The van der Waals surface area contributed by atoms with E-state index in [0.717, 1.165) is 17.2 Å². The van der Waals surface area contributed by atoms with Crippen molar-refractivity contribution in [1.82, 2.24) is 25.0 Å². The zero-order valence-corrected chi connectivity index (χ0v) is 14.4. The highest BCUT2D eigenvalue weighted by molar-refractivity contribution is 5.81. The summed E-state index contributed by atoms with van der Waals surface area (Å²) in [6.45, 7) is 6.38. The molecule has 2 rings (SSSR count). The van der Waals surface area contributed by atoms with Gasteiger partial charge in [-0.15, -0.1) is 10.2 Å². The largest absolute Gasteiger partial charge is 0.348 e. The summed E-state index contributed by atoms with van der Waals surface area (Å²) in [5.41, 5.74) is 1.10. The van der Waals surface area contributed by atoms with Crippen LogP contribution in [0.15, 0.2) is 30.3 Å². The summed E-state index contributed by atoms with van der Waals surface area (Å²) < 4.78 is 1.94. The van der Waals surface area contributed by atoms with Crippen LogP contribution in [-0.4, -0.2) is 38.7 Å². The van der Waals surface area contributed by atoms with Gasteiger partial charge in [0.25, 0.3) is 0 Å². The first-order valence-corrected chi connectivity index (χ1v) is 7.80. The van der Waals surface area contributed by atoms with Crippen LogP contribution in [0.3, 0.4) is 0 Å². The average molecular weight is 315 g/mol. The number of benzene rings is 1. The van der Waals surface area contributed by atoms with Gasteiger partial charge < -0.3 is 9.88 Å². The van der Waals surface area contributed by atoms with E-state index in [-0.39, 0.29) is 18.0 Å². The van der Waals surface area contributed by atoms with E-state index in [9.17, 15) is 4.79 Å². The van der Waals surface area contributed by atoms with Crippen molar-refractivity contribution in [2.45, 2.75) is 39.4 Å². The van der Waals surface area contributed by atoms with Crippen LogP contribution in [0, 0.1) is 6.92 Å². The van der Waals surface area contributed by atoms with Gasteiger partial charge in [-0.05, 0) is 33.4 Å². The first kappa shape index (κ1) is 17.1. The molecule has 1 aromatic carbocycles. The van der Waals surface area contributed by atoms with E-state index < -0.39 is 0 Å². The molecule has 0 saturated carbocycles. The maximum Gasteiger partial charge on any atom is 0.237 e. The van der Waals surface area contributed by atoms with Gasteiger partial charge in [0.15, 0.2) is 0 Å². The monoisotopic (exact) mass is 315 g/mol. The lowest BCUT2D eigenvalue weighted by Crippen LogP contribution is -2.44. The van der Waals surface area contributed by atoms with Gasteiger partial charge >= 0.3 is 0 Å². The van der Waals surface area contributed by atoms with Crippen LogP contribution in [0.5, 0.6) is 0 Å². The van der Waals surface area contributed by atoms with Crippen LogP contribution < -0.4 is 5.32 Å². The predicted octanol–water partition coefficient (Wildman–Crippen LogP) is 1.82. The van der Waals surface area contributed by atoms with E-state index in [1.807, 2.05) is 74.7 Å². The fourth-order valence-corrected chi connectivity index (χ4v) is 2.31. The Labute approximate surface area is 137 Å². The van der Waals surface area contributed by atoms with Crippen molar-refractivity contribution in [3.8, 4) is 0 Å². The van der Waals surface area contributed by atoms with Gasteiger partial charge in [-0.25, -0.2) is 0 Å². The van der Waals surface area contributed by atoms with Gasteiger partial charge in [0.2, 0.25) is 5.91 Å². The molecule has 0 fully saturated rings. The van der Waals surface area contributed by atoms with E-state index >= 15 is 0 Å². The minimum atomic E-state index is -0.252. The molecule has 0 radical (unpaired) electrons. The fourth-order valence-electron chi connectivity index (χ4n) is 2.31. The third kappa shape index (κ3) is 4.16. The Hall–Kier alpha value is -2.21. The number of likely N-dealkylation sites (N-methyl/N-ethyl adjacent to an activating group) is 1. The molecular weight excluding hydrogens is 290 g/mol. The highest BCUT2D eigenvalue weighted by Gasteiger charge is 2.21. The lowest BCUT2D eigenvalue weighted by molar-refractivity contribution is -0.126. The number of nitrogens with zero attached hydrogens (tertiary/aromatic N) is 4. The molecule has 1 amide bonds. The van der Waals surface area contributed by atoms with Crippen LogP contribution >= 0.6 is 0 Å². The number of nitrogens with one attached hydrogen (secondary N) is 1. The molecule has 6 heteroatoms. The second kappa shape index (κ2) is 7.37. The van der Waals surface area contributed by atoms with Crippen molar-refractivity contribution in [2.24, 2.45) is 7.05 Å². The van der Waals surface area contributed by atoms with Crippen LogP contribution in [0.25, 0.3) is 0 Å². The standard InChI is InChI=1S/C17H25N5O/c1-12(15-9-7-6-8-10-15)18-17(23)13(2)21(4)11-16-20-19-14(3)22(16)5/h6-10,12-13H,11H2,1-5H3,(H,18,23)/t12-,13-/m1/s1. The summed E-state index contributed by atoms with van der Waals surface area (Å²) >= 11 is 0. The second-order valence-electron chi connectivity index (χ2n) is 5.95. The lowest BCUT2D eigenvalue weighted by atomic mass is 10.1. The fraction of sp³-hybridized carbons (Fsp3) is 0.471. The summed E-state index contributed by atoms with van der Waals surface area (Å²) in [5.74, 6) is 1.71. The van der Waals surface area contributed by atoms with Gasteiger partial charge in [-0.2, -0.15) is 0 Å². The smallest absolute Gasteiger partial charge is 0.237 e. The van der Waals surface area contributed by atoms with Crippen molar-refractivity contribution in [1.29, 1.82) is 0 Å². The molecule has 1 heterocycles. The summed E-state index contributed by atoms with van der Waals surface area (Å²) in [7, 11) is 3.85. The minimum absolute atomic E-state index is 0.00254. The van der Waals surface area contributed by atoms with Crippen molar-refractivity contribution >= 4 is 5.91 Å². The zero-order chi connectivity index (χ0) is 17.0. The quantitative estimate of drug-likeness (QED) is 0.883. The van der Waals surface area contributed by atoms with Gasteiger partial charge in [-0.3, -0.25) is 9.69 Å². The Bertz CT molecular complexity index is 652. The number of hydrogen-bond donors (Lipinski definition) is 1. The number of carbonyl (C=O) groups is 1. The van der Waals surface area contributed by atoms with Crippen molar-refractivity contribution in [2.75, 3.05) is 7.05 Å². The molecule has 0 aliphatic heterocycles. The lowest BCUT2D eigenvalue weighted by Gasteiger charge is -2.25. The molecule has 124 valence electrons. The predicted molar refractivity (Wildman–Crippen MR) is 89.7 cm³/mol. The molecule has 0 aliphatic carbocycles. The summed E-state index contributed by atoms with van der Waals surface area (Å²) in [5, 5.41) is 11.3. The number of rotatable bonds is 6. The first-order chi connectivity index (χ1) is 10.9. The Balaban J connectivity index is 1.95. The third-order valence-electron chi connectivity index (χ3n) is 4.27. The Morgan fingerprint density at radius 2 is 1.91 bits per heavy atom. The number of aryl methyl sites for hydroxylation is 1. The number of carbonyl (C=O) groups excluding carboxylic acids is 1. The maximum atomic E-state index is 12.5. The van der Waals surface area contributed by atoms with E-state index in [0.29, 0.717) is 6.54 Å². The molecule has 23 heavy (non-hydrogen) atoms. The van der Waals surface area contributed by atoms with Crippen molar-refractivity contribution in [3.63, 3.8) is 0 Å². The molecule has 0 saturated heterocycles. The number of hydrogen-bond acceptors (Lipinski definition) is 4. The van der Waals surface area contributed by atoms with Crippen LogP contribution in [0.1, 0.15) is 37.1 Å². The van der Waals surface area contributed by atoms with Gasteiger partial charge in [-0.1, -0.05) is 30.3 Å². The van der Waals surface area contributed by atoms with Gasteiger partial charge in [0, 0.05) is 7.05 Å². The highest BCUT2D eigenvalue weighted by Crippen LogP contribution is 2.12. The van der Waals surface area contributed by atoms with E-state index in [1.165, 1.54) is 0 Å². The van der Waals surface area contributed by atoms with Crippen LogP contribution in [0.4, 0.5) is 0 Å². The number of aromatic nitrogens is 3. The first-order valence-electron chi connectivity index (χ1n) is 7.80. The molecule has 1 aromatic heterocycles. The maximum absolute atomic E-state index is 12.5. The molecule has 2 aromatic rings. The molecule has 0 bridgehead atoms. The van der Waals surface area contributed by atoms with Crippen LogP contribution in [0.2, 0.25) is 0 Å². The summed E-state index contributed by atoms with van der Waals surface area (Å²) in [4.78, 5) is 14.4. The average Bonchev–Trinajstić information content (AvgIpc) is 2.86. The molecule has 6 nitrogen and oxygen atoms in total. The van der Waals surface area contributed by atoms with Gasteiger partial charge in [0.1, 0.15) is 11.6 Å². The second-order valence-corrected chi connectivity index (χ2v) is 5.95. The van der Waals surface area contributed by atoms with Gasteiger partial charge in [0.05, 0.1) is 18.6 Å². The molecular formula is C17H25N5O. The van der Waals surface area contributed by atoms with E-state index in [1.54, 1.807) is 0 Å². The molecule has 0 aliphatic rings. The highest BCUT2D eigenvalue weighted by atomic mass is 16.2. The summed E-state index contributed by atoms with van der Waals surface area (Å²) in [6, 6.07) is 9.68. The minimum Gasteiger partial charge on any atom is -0.348 e. The Kier molecular flexibility index (Phi) is 5.50. The topological polar surface area (TPSA) is 63.1 Å². The van der Waals surface area contributed by atoms with Crippen LogP contribution in [-0.2, 0) is 18.4 Å². The molecule has 2 atom stereocenters. The SMILES string of the molecule is Cc1nnc(CN(C)[C@H](C)C(=O)N[C@H](C)c2ccccc2)n1C. The van der Waals surface area contributed by atoms with Crippen molar-refractivity contribution in [3.05, 3.63) is 47.5 Å². The summed E-state index contributed by atoms with van der Waals surface area (Å²) in [6.07, 6.45) is 0. The van der Waals surface area contributed by atoms with E-state index in [2.05, 4.69) is 15.5 Å². The zero-order valence-electron chi connectivity index (χ0n) is 14.4. The Morgan fingerprint density at radius 3 is 2.48 bits per heavy atom. The third-order valence-corrected chi connectivity index (χ3v) is 4.27. The molecule has 0 spiro atoms. The Morgan fingerprint density at radius 1 is 1.26 bits per heavy atom. The van der Waals surface area contributed by atoms with Crippen molar-refractivity contribution < 1.29 is 4.79 Å². The number of amides is 1.